The van der Waals surface area contributed by atoms with Gasteiger partial charge in [0.05, 0.1) is 18.4 Å². The number of carbonyl (C=O) groups excluding carboxylic acids is 1. The molecule has 2 nitrogen and oxygen atoms in total. The molecule has 0 spiro atoms. The highest BCUT2D eigenvalue weighted by Crippen LogP contribution is 2.32. The van der Waals surface area contributed by atoms with Gasteiger partial charge >= 0.3 is 6.18 Å². The van der Waals surface area contributed by atoms with Gasteiger partial charge in [-0.05, 0) is 13.0 Å². The van der Waals surface area contributed by atoms with Crippen LogP contribution in [0.3, 0.4) is 0 Å². The lowest BCUT2D eigenvalue weighted by Gasteiger charge is -2.10. The third kappa shape index (κ3) is 3.62. The topological polar surface area (TPSA) is 26.3 Å². The second kappa shape index (κ2) is 5.52. The quantitative estimate of drug-likeness (QED) is 0.460. The van der Waals surface area contributed by atoms with Crippen LogP contribution in [0.5, 0.6) is 0 Å². The molecule has 0 heterocycles. The van der Waals surface area contributed by atoms with Gasteiger partial charge in [-0.15, -0.1) is 0 Å². The molecule has 0 saturated carbocycles. The fourth-order valence-corrected chi connectivity index (χ4v) is 1.24. The first-order valence-electron chi connectivity index (χ1n) is 4.95. The summed E-state index contributed by atoms with van der Waals surface area (Å²) in [6.45, 7) is 2.06. The van der Waals surface area contributed by atoms with E-state index in [-0.39, 0.29) is 5.56 Å². The van der Waals surface area contributed by atoms with Gasteiger partial charge in [-0.3, -0.25) is 4.79 Å². The maximum absolute atomic E-state index is 12.6. The van der Waals surface area contributed by atoms with Crippen molar-refractivity contribution in [3.05, 3.63) is 47.7 Å². The molecule has 0 bridgehead atoms. The summed E-state index contributed by atoms with van der Waals surface area (Å²) in [5, 5.41) is 0. The molecule has 0 aliphatic heterocycles. The summed E-state index contributed by atoms with van der Waals surface area (Å²) < 4.78 is 42.5. The van der Waals surface area contributed by atoms with E-state index in [9.17, 15) is 18.0 Å². The first-order valence-corrected chi connectivity index (χ1v) is 4.95. The van der Waals surface area contributed by atoms with Crippen LogP contribution in [0.4, 0.5) is 13.2 Å². The second-order valence-corrected chi connectivity index (χ2v) is 3.17. The van der Waals surface area contributed by atoms with Gasteiger partial charge in [0.15, 0.2) is 5.78 Å². The van der Waals surface area contributed by atoms with Gasteiger partial charge in [-0.25, -0.2) is 0 Å². The minimum atomic E-state index is -4.54. The van der Waals surface area contributed by atoms with Crippen LogP contribution in [-0.4, -0.2) is 12.4 Å². The Balaban J connectivity index is 3.02. The number of allylic oxidation sites excluding steroid dienone is 1. The van der Waals surface area contributed by atoms with E-state index in [0.717, 1.165) is 24.5 Å². The van der Waals surface area contributed by atoms with E-state index in [1.807, 2.05) is 0 Å². The Morgan fingerprint density at radius 2 is 2.00 bits per heavy atom. The zero-order valence-corrected chi connectivity index (χ0v) is 9.12. The van der Waals surface area contributed by atoms with Gasteiger partial charge in [0.2, 0.25) is 0 Å². The van der Waals surface area contributed by atoms with Crippen molar-refractivity contribution >= 4 is 5.78 Å². The van der Waals surface area contributed by atoms with Crippen molar-refractivity contribution in [2.45, 2.75) is 13.1 Å². The fourth-order valence-electron chi connectivity index (χ4n) is 1.24. The van der Waals surface area contributed by atoms with Gasteiger partial charge in [0, 0.05) is 11.6 Å². The highest BCUT2D eigenvalue weighted by molar-refractivity contribution is 6.05. The van der Waals surface area contributed by atoms with Crippen LogP contribution in [-0.2, 0) is 10.9 Å². The third-order valence-corrected chi connectivity index (χ3v) is 1.98. The maximum atomic E-state index is 12.6. The van der Waals surface area contributed by atoms with E-state index in [1.54, 1.807) is 6.92 Å². The molecule has 17 heavy (non-hydrogen) atoms. The van der Waals surface area contributed by atoms with Crippen LogP contribution < -0.4 is 0 Å². The molecule has 0 amide bonds. The fraction of sp³-hybridized carbons (Fsp3) is 0.250. The number of rotatable bonds is 4. The predicted molar refractivity (Wildman–Crippen MR) is 56.5 cm³/mol. The predicted octanol–water partition coefficient (Wildman–Crippen LogP) is 3.44. The van der Waals surface area contributed by atoms with Gasteiger partial charge in [0.25, 0.3) is 0 Å². The smallest absolute Gasteiger partial charge is 0.417 e. The Labute approximate surface area is 96.7 Å². The highest BCUT2D eigenvalue weighted by Gasteiger charge is 2.34. The second-order valence-electron chi connectivity index (χ2n) is 3.17. The molecule has 0 fully saturated rings. The van der Waals surface area contributed by atoms with Gasteiger partial charge in [-0.2, -0.15) is 13.2 Å². The number of ether oxygens (including phenoxy) is 1. The molecule has 0 radical (unpaired) electrons. The normalized spacial score (nSPS) is 11.8. The van der Waals surface area contributed by atoms with Crippen molar-refractivity contribution in [2.75, 3.05) is 6.61 Å². The first-order chi connectivity index (χ1) is 7.96. The van der Waals surface area contributed by atoms with E-state index < -0.39 is 17.5 Å². The summed E-state index contributed by atoms with van der Waals surface area (Å²) in [7, 11) is 0. The summed E-state index contributed by atoms with van der Waals surface area (Å²) in [4.78, 5) is 11.5. The maximum Gasteiger partial charge on any atom is 0.417 e. The average Bonchev–Trinajstić information content (AvgIpc) is 2.28. The number of carbonyl (C=O) groups is 1. The summed E-state index contributed by atoms with van der Waals surface area (Å²) >= 11 is 0. The van der Waals surface area contributed by atoms with E-state index in [2.05, 4.69) is 0 Å². The summed E-state index contributed by atoms with van der Waals surface area (Å²) in [6.07, 6.45) is -2.46. The van der Waals surface area contributed by atoms with Crippen molar-refractivity contribution in [1.82, 2.24) is 0 Å². The summed E-state index contributed by atoms with van der Waals surface area (Å²) in [5.74, 6) is -0.730. The van der Waals surface area contributed by atoms with Gasteiger partial charge < -0.3 is 4.74 Å². The molecule has 1 rings (SSSR count). The monoisotopic (exact) mass is 244 g/mol. The molecule has 0 unspecified atom stereocenters. The van der Waals surface area contributed by atoms with Crippen LogP contribution in [0.25, 0.3) is 0 Å². The lowest BCUT2D eigenvalue weighted by molar-refractivity contribution is -0.137. The van der Waals surface area contributed by atoms with Gasteiger partial charge in [-0.1, -0.05) is 18.2 Å². The standard InChI is InChI=1S/C12H11F3O2/c1-2-17-8-7-11(16)9-5-3-4-6-10(9)12(13,14)15/h3-8H,2H2,1H3/b8-7+. The van der Waals surface area contributed by atoms with Crippen LogP contribution >= 0.6 is 0 Å². The summed E-state index contributed by atoms with van der Waals surface area (Å²) in [5.41, 5.74) is -1.32. The number of ketones is 1. The molecule has 0 aliphatic rings. The molecule has 5 heteroatoms. The summed E-state index contributed by atoms with van der Waals surface area (Å²) in [6, 6.07) is 4.64. The zero-order valence-electron chi connectivity index (χ0n) is 9.12. The number of alkyl halides is 3. The minimum absolute atomic E-state index is 0.352. The number of hydrogen-bond acceptors (Lipinski definition) is 2. The Kier molecular flexibility index (Phi) is 4.31. The molecule has 0 saturated heterocycles. The number of hydrogen-bond donors (Lipinski definition) is 0. The van der Waals surface area contributed by atoms with Gasteiger partial charge in [0.1, 0.15) is 0 Å². The molecular weight excluding hydrogens is 233 g/mol. The SMILES string of the molecule is CCO/C=C/C(=O)c1ccccc1C(F)(F)F. The van der Waals surface area contributed by atoms with Crippen molar-refractivity contribution in [3.8, 4) is 0 Å². The van der Waals surface area contributed by atoms with E-state index in [1.165, 1.54) is 12.1 Å². The van der Waals surface area contributed by atoms with E-state index in [4.69, 9.17) is 4.74 Å². The highest BCUT2D eigenvalue weighted by atomic mass is 19.4. The molecule has 0 atom stereocenters. The van der Waals surface area contributed by atoms with Crippen molar-refractivity contribution in [1.29, 1.82) is 0 Å². The number of benzene rings is 1. The van der Waals surface area contributed by atoms with Crippen LogP contribution in [0, 0.1) is 0 Å². The van der Waals surface area contributed by atoms with Crippen molar-refractivity contribution in [2.24, 2.45) is 0 Å². The van der Waals surface area contributed by atoms with Crippen LogP contribution in [0.15, 0.2) is 36.6 Å². The molecule has 0 aromatic heterocycles. The molecule has 92 valence electrons. The number of halogens is 3. The van der Waals surface area contributed by atoms with Crippen LogP contribution in [0.2, 0.25) is 0 Å². The Morgan fingerprint density at radius 1 is 1.35 bits per heavy atom. The third-order valence-electron chi connectivity index (χ3n) is 1.98. The lowest BCUT2D eigenvalue weighted by Crippen LogP contribution is -2.11. The minimum Gasteiger partial charge on any atom is -0.501 e. The van der Waals surface area contributed by atoms with E-state index in [0.29, 0.717) is 6.61 Å². The largest absolute Gasteiger partial charge is 0.501 e. The van der Waals surface area contributed by atoms with Crippen molar-refractivity contribution in [3.63, 3.8) is 0 Å². The first kappa shape index (κ1) is 13.3. The Morgan fingerprint density at radius 3 is 2.59 bits per heavy atom. The molecular formula is C12H11F3O2. The average molecular weight is 244 g/mol. The molecule has 0 aliphatic carbocycles. The molecule has 0 N–H and O–H groups in total. The van der Waals surface area contributed by atoms with Crippen molar-refractivity contribution < 1.29 is 22.7 Å². The molecule has 1 aromatic carbocycles. The van der Waals surface area contributed by atoms with Crippen LogP contribution in [0.1, 0.15) is 22.8 Å². The lowest BCUT2D eigenvalue weighted by atomic mass is 10.0. The molecule has 1 aromatic rings. The Bertz CT molecular complexity index is 422. The Hall–Kier alpha value is -1.78. The van der Waals surface area contributed by atoms with E-state index >= 15 is 0 Å². The zero-order chi connectivity index (χ0) is 12.9.